The fraction of sp³-hybridized carbons (Fsp3) is 0.125. The zero-order chi connectivity index (χ0) is 23.7. The van der Waals surface area contributed by atoms with Gasteiger partial charge in [-0.05, 0) is 53.9 Å². The van der Waals surface area contributed by atoms with Gasteiger partial charge in [-0.3, -0.25) is 10.1 Å². The quantitative estimate of drug-likeness (QED) is 0.441. The number of anilines is 1. The van der Waals surface area contributed by atoms with E-state index in [0.717, 1.165) is 5.56 Å². The highest BCUT2D eigenvalue weighted by atomic mass is 35.5. The summed E-state index contributed by atoms with van der Waals surface area (Å²) in [7, 11) is -3.69. The molecule has 0 radical (unpaired) electrons. The fourth-order valence-electron chi connectivity index (χ4n) is 3.79. The smallest absolute Gasteiger partial charge is 0.322 e. The van der Waals surface area contributed by atoms with Crippen LogP contribution in [0.5, 0.6) is 0 Å². The number of sulfonamides is 1. The topological polar surface area (TPSA) is 105 Å². The standard InChI is InChI=1S/C24H19ClN4O4S/c25-21-8-4-3-7-20(21)23-27-28-24(33-23)26-22(30)17-9-11-19(12-10-17)34(31,32)29-14-13-16-5-1-2-6-18(16)15-29/h1-12H,13-15H2,(H,26,28,30). The van der Waals surface area contributed by atoms with E-state index in [1.807, 2.05) is 24.3 Å². The number of nitrogens with zero attached hydrogens (tertiary/aromatic N) is 3. The molecular weight excluding hydrogens is 476 g/mol. The minimum Gasteiger partial charge on any atom is -0.403 e. The van der Waals surface area contributed by atoms with Crippen LogP contribution in [0.25, 0.3) is 11.5 Å². The lowest BCUT2D eigenvalue weighted by Crippen LogP contribution is -2.35. The fourth-order valence-corrected chi connectivity index (χ4v) is 5.42. The van der Waals surface area contributed by atoms with E-state index in [1.54, 1.807) is 24.3 Å². The molecule has 3 aromatic carbocycles. The Morgan fingerprint density at radius 2 is 1.65 bits per heavy atom. The third-order valence-electron chi connectivity index (χ3n) is 5.60. The molecule has 5 rings (SSSR count). The Bertz CT molecular complexity index is 1470. The molecule has 0 bridgehead atoms. The Morgan fingerprint density at radius 3 is 2.41 bits per heavy atom. The summed E-state index contributed by atoms with van der Waals surface area (Å²) < 4.78 is 33.2. The molecule has 10 heteroatoms. The van der Waals surface area contributed by atoms with Crippen molar-refractivity contribution in [2.45, 2.75) is 17.9 Å². The Labute approximate surface area is 201 Å². The van der Waals surface area contributed by atoms with Crippen LogP contribution in [0.15, 0.2) is 82.1 Å². The first-order chi connectivity index (χ1) is 16.4. The van der Waals surface area contributed by atoms with E-state index in [4.69, 9.17) is 16.0 Å². The van der Waals surface area contributed by atoms with Crippen LogP contribution >= 0.6 is 11.6 Å². The number of benzene rings is 3. The van der Waals surface area contributed by atoms with Gasteiger partial charge in [0.2, 0.25) is 10.0 Å². The molecule has 0 unspecified atom stereocenters. The second-order valence-corrected chi connectivity index (χ2v) is 10.1. The van der Waals surface area contributed by atoms with Crippen molar-refractivity contribution < 1.29 is 17.6 Å². The first-order valence-electron chi connectivity index (χ1n) is 10.5. The lowest BCUT2D eigenvalue weighted by Gasteiger charge is -2.28. The molecule has 1 aliphatic rings. The van der Waals surface area contributed by atoms with Crippen molar-refractivity contribution in [1.82, 2.24) is 14.5 Å². The molecular formula is C24H19ClN4O4S. The van der Waals surface area contributed by atoms with Crippen molar-refractivity contribution in [2.75, 3.05) is 11.9 Å². The van der Waals surface area contributed by atoms with Gasteiger partial charge in [0.1, 0.15) is 0 Å². The Kier molecular flexibility index (Phi) is 5.91. The number of amides is 1. The average Bonchev–Trinajstić information content (AvgIpc) is 3.32. The van der Waals surface area contributed by atoms with Gasteiger partial charge in [-0.15, -0.1) is 5.10 Å². The zero-order valence-electron chi connectivity index (χ0n) is 17.8. The lowest BCUT2D eigenvalue weighted by molar-refractivity contribution is 0.102. The number of aromatic nitrogens is 2. The summed E-state index contributed by atoms with van der Waals surface area (Å²) in [5.41, 5.74) is 2.97. The van der Waals surface area contributed by atoms with Gasteiger partial charge in [-0.2, -0.15) is 4.31 Å². The van der Waals surface area contributed by atoms with Crippen molar-refractivity contribution >= 4 is 33.5 Å². The predicted octanol–water partition coefficient (Wildman–Crippen LogP) is 4.39. The van der Waals surface area contributed by atoms with E-state index < -0.39 is 15.9 Å². The average molecular weight is 495 g/mol. The molecule has 1 N–H and O–H groups in total. The number of hydrogen-bond donors (Lipinski definition) is 1. The van der Waals surface area contributed by atoms with E-state index >= 15 is 0 Å². The first-order valence-corrected chi connectivity index (χ1v) is 12.3. The molecule has 0 saturated heterocycles. The summed E-state index contributed by atoms with van der Waals surface area (Å²) in [6, 6.07) is 20.5. The molecule has 0 fully saturated rings. The van der Waals surface area contributed by atoms with Gasteiger partial charge in [-0.25, -0.2) is 8.42 Å². The molecule has 0 aliphatic carbocycles. The van der Waals surface area contributed by atoms with Gasteiger partial charge in [-0.1, -0.05) is 53.1 Å². The molecule has 8 nitrogen and oxygen atoms in total. The highest BCUT2D eigenvalue weighted by Gasteiger charge is 2.28. The van der Waals surface area contributed by atoms with Gasteiger partial charge in [0.25, 0.3) is 11.8 Å². The van der Waals surface area contributed by atoms with Crippen molar-refractivity contribution in [2.24, 2.45) is 0 Å². The molecule has 0 saturated carbocycles. The summed E-state index contributed by atoms with van der Waals surface area (Å²) in [5, 5.41) is 10.7. The van der Waals surface area contributed by atoms with Crippen molar-refractivity contribution in [1.29, 1.82) is 0 Å². The number of halogens is 1. The maximum atomic E-state index is 13.1. The van der Waals surface area contributed by atoms with E-state index in [1.165, 1.54) is 34.1 Å². The van der Waals surface area contributed by atoms with Gasteiger partial charge < -0.3 is 4.42 Å². The molecule has 4 aromatic rings. The van der Waals surface area contributed by atoms with Crippen LogP contribution in [0.4, 0.5) is 6.01 Å². The normalized spacial score (nSPS) is 13.9. The van der Waals surface area contributed by atoms with Crippen LogP contribution < -0.4 is 5.32 Å². The van der Waals surface area contributed by atoms with E-state index in [-0.39, 0.29) is 22.4 Å². The first kappa shape index (κ1) is 22.3. The molecule has 1 amide bonds. The molecule has 34 heavy (non-hydrogen) atoms. The second kappa shape index (κ2) is 9.02. The van der Waals surface area contributed by atoms with E-state index in [2.05, 4.69) is 15.5 Å². The highest BCUT2D eigenvalue weighted by Crippen LogP contribution is 2.28. The number of carbonyl (C=O) groups is 1. The Morgan fingerprint density at radius 1 is 0.941 bits per heavy atom. The van der Waals surface area contributed by atoms with Crippen LogP contribution in [0.1, 0.15) is 21.5 Å². The molecule has 2 heterocycles. The summed E-state index contributed by atoms with van der Waals surface area (Å²) in [4.78, 5) is 12.7. The molecule has 1 aliphatic heterocycles. The van der Waals surface area contributed by atoms with Gasteiger partial charge in [0.15, 0.2) is 0 Å². The van der Waals surface area contributed by atoms with E-state index in [9.17, 15) is 13.2 Å². The number of carbonyl (C=O) groups excluding carboxylic acids is 1. The van der Waals surface area contributed by atoms with Crippen molar-refractivity contribution in [3.63, 3.8) is 0 Å². The summed E-state index contributed by atoms with van der Waals surface area (Å²) in [6.07, 6.45) is 0.663. The number of hydrogen-bond acceptors (Lipinski definition) is 6. The molecule has 1 aromatic heterocycles. The predicted molar refractivity (Wildman–Crippen MR) is 127 cm³/mol. The monoisotopic (exact) mass is 494 g/mol. The van der Waals surface area contributed by atoms with E-state index in [0.29, 0.717) is 30.1 Å². The van der Waals surface area contributed by atoms with Crippen LogP contribution in [-0.2, 0) is 23.0 Å². The van der Waals surface area contributed by atoms with Crippen LogP contribution in [0.3, 0.4) is 0 Å². The summed E-state index contributed by atoms with van der Waals surface area (Å²) in [5.74, 6) is -0.337. The maximum Gasteiger partial charge on any atom is 0.322 e. The Balaban J connectivity index is 1.29. The van der Waals surface area contributed by atoms with Gasteiger partial charge in [0.05, 0.1) is 15.5 Å². The minimum atomic E-state index is -3.69. The molecule has 0 spiro atoms. The number of nitrogens with one attached hydrogen (secondary N) is 1. The molecule has 172 valence electrons. The van der Waals surface area contributed by atoms with Gasteiger partial charge >= 0.3 is 6.01 Å². The van der Waals surface area contributed by atoms with Gasteiger partial charge in [0, 0.05) is 18.7 Å². The Hall–Kier alpha value is -3.53. The van der Waals surface area contributed by atoms with Crippen LogP contribution in [-0.4, -0.2) is 35.4 Å². The summed E-state index contributed by atoms with van der Waals surface area (Å²) >= 11 is 6.13. The third kappa shape index (κ3) is 4.33. The number of rotatable bonds is 5. The largest absolute Gasteiger partial charge is 0.403 e. The highest BCUT2D eigenvalue weighted by molar-refractivity contribution is 7.89. The SMILES string of the molecule is O=C(Nc1nnc(-c2ccccc2Cl)o1)c1ccc(S(=O)(=O)N2CCc3ccccc3C2)cc1. The third-order valence-corrected chi connectivity index (χ3v) is 7.79. The number of fused-ring (bicyclic) bond motifs is 1. The zero-order valence-corrected chi connectivity index (χ0v) is 19.4. The molecule has 0 atom stereocenters. The van der Waals surface area contributed by atoms with Crippen LogP contribution in [0, 0.1) is 0 Å². The summed E-state index contributed by atoms with van der Waals surface area (Å²) in [6.45, 7) is 0.734. The van der Waals surface area contributed by atoms with Crippen molar-refractivity contribution in [3.05, 3.63) is 94.5 Å². The van der Waals surface area contributed by atoms with Crippen molar-refractivity contribution in [3.8, 4) is 11.5 Å². The second-order valence-electron chi connectivity index (χ2n) is 7.73. The minimum absolute atomic E-state index is 0.0939. The lowest BCUT2D eigenvalue weighted by atomic mass is 10.0. The van der Waals surface area contributed by atoms with Crippen LogP contribution in [0.2, 0.25) is 5.02 Å². The maximum absolute atomic E-state index is 13.1.